The van der Waals surface area contributed by atoms with Gasteiger partial charge in [0.15, 0.2) is 0 Å². The summed E-state index contributed by atoms with van der Waals surface area (Å²) in [7, 11) is 0. The molecule has 1 amide bonds. The number of β-amino-alcohol motifs (C(OH)–C–C–N with tert-alkyl or cyclic N) is 1. The topological polar surface area (TPSA) is 77.8 Å². The number of aliphatic carboxylic acids is 1. The van der Waals surface area contributed by atoms with E-state index in [1.165, 1.54) is 23.1 Å². The lowest BCUT2D eigenvalue weighted by Gasteiger charge is -2.43. The Labute approximate surface area is 167 Å². The Morgan fingerprint density at radius 1 is 1.18 bits per heavy atom. The molecule has 1 aliphatic rings. The molecule has 0 spiro atoms. The van der Waals surface area contributed by atoms with Gasteiger partial charge >= 0.3 is 5.97 Å². The summed E-state index contributed by atoms with van der Waals surface area (Å²) in [6.45, 7) is 0.0468. The molecular weight excluding hydrogens is 385 g/mol. The van der Waals surface area contributed by atoms with Crippen LogP contribution in [0, 0.1) is 11.2 Å². The first-order valence-electron chi connectivity index (χ1n) is 8.99. The normalized spacial score (nSPS) is 22.1. The molecule has 0 bridgehead atoms. The number of aliphatic hydroxyl groups is 1. The molecule has 0 aliphatic carbocycles. The summed E-state index contributed by atoms with van der Waals surface area (Å²) in [5.41, 5.74) is -0.460. The average molecular weight is 406 g/mol. The number of nitrogens with zero attached hydrogens (tertiary/aromatic N) is 1. The first-order chi connectivity index (χ1) is 13.3. The van der Waals surface area contributed by atoms with Crippen LogP contribution in [-0.4, -0.2) is 46.2 Å². The maximum Gasteiger partial charge on any atom is 0.312 e. The van der Waals surface area contributed by atoms with Crippen molar-refractivity contribution in [3.63, 3.8) is 0 Å². The van der Waals surface area contributed by atoms with Crippen molar-refractivity contribution in [3.8, 4) is 0 Å². The molecule has 0 unspecified atom stereocenters. The SMILES string of the molecule is O=C(Cc1c(F)cccc1Cl)N1CC[C@](Cc2ccccc2)(C(=O)O)[C@H](O)C1. The van der Waals surface area contributed by atoms with Crippen LogP contribution < -0.4 is 0 Å². The summed E-state index contributed by atoms with van der Waals surface area (Å²) < 4.78 is 13.9. The third-order valence-corrected chi connectivity index (χ3v) is 5.74. The average Bonchev–Trinajstić information content (AvgIpc) is 2.67. The maximum absolute atomic E-state index is 13.9. The van der Waals surface area contributed by atoms with Crippen molar-refractivity contribution in [1.29, 1.82) is 0 Å². The zero-order valence-corrected chi connectivity index (χ0v) is 15.9. The summed E-state index contributed by atoms with van der Waals surface area (Å²) in [6, 6.07) is 13.3. The first-order valence-corrected chi connectivity index (χ1v) is 9.37. The minimum absolute atomic E-state index is 0.100. The van der Waals surface area contributed by atoms with E-state index in [0.29, 0.717) is 0 Å². The Morgan fingerprint density at radius 2 is 1.89 bits per heavy atom. The van der Waals surface area contributed by atoms with Gasteiger partial charge in [0.25, 0.3) is 0 Å². The van der Waals surface area contributed by atoms with Crippen LogP contribution in [0.4, 0.5) is 4.39 Å². The summed E-state index contributed by atoms with van der Waals surface area (Å²) in [6.07, 6.45) is -1.20. The van der Waals surface area contributed by atoms with Gasteiger partial charge in [-0.3, -0.25) is 9.59 Å². The van der Waals surface area contributed by atoms with Gasteiger partial charge in [-0.15, -0.1) is 0 Å². The number of likely N-dealkylation sites (tertiary alicyclic amines) is 1. The summed E-state index contributed by atoms with van der Waals surface area (Å²) in [5.74, 6) is -2.06. The van der Waals surface area contributed by atoms with Crippen molar-refractivity contribution in [2.75, 3.05) is 13.1 Å². The number of aliphatic hydroxyl groups excluding tert-OH is 1. The second-order valence-corrected chi connectivity index (χ2v) is 7.51. The predicted octanol–water partition coefficient (Wildman–Crippen LogP) is 2.93. The molecule has 2 atom stereocenters. The molecule has 1 saturated heterocycles. The fraction of sp³-hybridized carbons (Fsp3) is 0.333. The molecule has 7 heteroatoms. The summed E-state index contributed by atoms with van der Waals surface area (Å²) in [4.78, 5) is 26.0. The highest BCUT2D eigenvalue weighted by atomic mass is 35.5. The van der Waals surface area contributed by atoms with Gasteiger partial charge in [-0.05, 0) is 30.5 Å². The largest absolute Gasteiger partial charge is 0.481 e. The number of carbonyl (C=O) groups excluding carboxylic acids is 1. The zero-order valence-electron chi connectivity index (χ0n) is 15.1. The molecule has 28 heavy (non-hydrogen) atoms. The number of halogens is 2. The molecule has 0 aromatic heterocycles. The lowest BCUT2D eigenvalue weighted by molar-refractivity contribution is -0.165. The number of hydrogen-bond acceptors (Lipinski definition) is 3. The van der Waals surface area contributed by atoms with Crippen molar-refractivity contribution in [2.24, 2.45) is 5.41 Å². The van der Waals surface area contributed by atoms with E-state index in [4.69, 9.17) is 11.6 Å². The van der Waals surface area contributed by atoms with Gasteiger partial charge < -0.3 is 15.1 Å². The van der Waals surface area contributed by atoms with Crippen LogP contribution in [0.15, 0.2) is 48.5 Å². The third-order valence-electron chi connectivity index (χ3n) is 5.39. The number of carbonyl (C=O) groups is 2. The number of carboxylic acid groups (broad SMARTS) is 1. The second-order valence-electron chi connectivity index (χ2n) is 7.11. The van der Waals surface area contributed by atoms with Gasteiger partial charge in [-0.25, -0.2) is 4.39 Å². The fourth-order valence-corrected chi connectivity index (χ4v) is 3.89. The number of hydrogen-bond donors (Lipinski definition) is 2. The predicted molar refractivity (Wildman–Crippen MR) is 103 cm³/mol. The van der Waals surface area contributed by atoms with E-state index in [9.17, 15) is 24.2 Å². The van der Waals surface area contributed by atoms with E-state index in [-0.39, 0.29) is 42.9 Å². The van der Waals surface area contributed by atoms with Crippen LogP contribution in [0.2, 0.25) is 5.02 Å². The highest BCUT2D eigenvalue weighted by Gasteiger charge is 2.49. The van der Waals surface area contributed by atoms with E-state index in [2.05, 4.69) is 0 Å². The minimum Gasteiger partial charge on any atom is -0.481 e. The molecular formula is C21H21ClFNO4. The number of benzene rings is 2. The lowest BCUT2D eigenvalue weighted by Crippen LogP contribution is -2.57. The Kier molecular flexibility index (Phi) is 6.01. The van der Waals surface area contributed by atoms with Crippen LogP contribution in [-0.2, 0) is 22.4 Å². The minimum atomic E-state index is -1.37. The molecule has 5 nitrogen and oxygen atoms in total. The van der Waals surface area contributed by atoms with Crippen molar-refractivity contribution in [1.82, 2.24) is 4.90 Å². The lowest BCUT2D eigenvalue weighted by atomic mass is 9.71. The molecule has 1 fully saturated rings. The van der Waals surface area contributed by atoms with Gasteiger partial charge in [0, 0.05) is 23.7 Å². The van der Waals surface area contributed by atoms with Crippen LogP contribution in [0.25, 0.3) is 0 Å². The van der Waals surface area contributed by atoms with Crippen LogP contribution in [0.5, 0.6) is 0 Å². The van der Waals surface area contributed by atoms with Gasteiger partial charge in [-0.1, -0.05) is 48.0 Å². The maximum atomic E-state index is 13.9. The van der Waals surface area contributed by atoms with Crippen molar-refractivity contribution in [3.05, 3.63) is 70.5 Å². The van der Waals surface area contributed by atoms with Crippen LogP contribution in [0.3, 0.4) is 0 Å². The Bertz CT molecular complexity index is 856. The molecule has 1 heterocycles. The Hall–Kier alpha value is -2.44. The smallest absolute Gasteiger partial charge is 0.312 e. The summed E-state index contributed by atoms with van der Waals surface area (Å²) >= 11 is 5.98. The van der Waals surface area contributed by atoms with Gasteiger partial charge in [0.1, 0.15) is 11.2 Å². The second kappa shape index (κ2) is 8.29. The molecule has 2 aromatic carbocycles. The molecule has 0 saturated carbocycles. The standard InChI is InChI=1S/C21H21ClFNO4/c22-16-7-4-8-17(23)15(16)11-19(26)24-10-9-21(20(27)28,18(25)13-24)12-14-5-2-1-3-6-14/h1-8,18,25H,9-13H2,(H,27,28)/t18-,21-/m1/s1. The van der Waals surface area contributed by atoms with Gasteiger partial charge in [0.05, 0.1) is 12.5 Å². The molecule has 1 aliphatic heterocycles. The number of amides is 1. The molecule has 3 rings (SSSR count). The summed E-state index contributed by atoms with van der Waals surface area (Å²) in [5, 5.41) is 20.7. The van der Waals surface area contributed by atoms with E-state index in [1.54, 1.807) is 0 Å². The van der Waals surface area contributed by atoms with Crippen molar-refractivity contribution < 1.29 is 24.2 Å². The molecule has 2 N–H and O–H groups in total. The third kappa shape index (κ3) is 4.03. The quantitative estimate of drug-likeness (QED) is 0.801. The zero-order chi connectivity index (χ0) is 20.3. The Balaban J connectivity index is 1.74. The number of rotatable bonds is 5. The highest BCUT2D eigenvalue weighted by Crippen LogP contribution is 2.36. The van der Waals surface area contributed by atoms with E-state index in [1.807, 2.05) is 30.3 Å². The number of carboxylic acids is 1. The highest BCUT2D eigenvalue weighted by molar-refractivity contribution is 6.31. The van der Waals surface area contributed by atoms with Crippen molar-refractivity contribution >= 4 is 23.5 Å². The van der Waals surface area contributed by atoms with Gasteiger partial charge in [0.2, 0.25) is 5.91 Å². The van der Waals surface area contributed by atoms with Crippen molar-refractivity contribution in [2.45, 2.75) is 25.4 Å². The van der Waals surface area contributed by atoms with Crippen LogP contribution in [0.1, 0.15) is 17.5 Å². The van der Waals surface area contributed by atoms with E-state index >= 15 is 0 Å². The van der Waals surface area contributed by atoms with E-state index < -0.39 is 29.2 Å². The van der Waals surface area contributed by atoms with Gasteiger partial charge in [-0.2, -0.15) is 0 Å². The monoisotopic (exact) mass is 405 g/mol. The number of piperidine rings is 1. The Morgan fingerprint density at radius 3 is 2.50 bits per heavy atom. The molecule has 0 radical (unpaired) electrons. The first kappa shape index (κ1) is 20.3. The van der Waals surface area contributed by atoms with E-state index in [0.717, 1.165) is 5.56 Å². The molecule has 2 aromatic rings. The fourth-order valence-electron chi connectivity index (χ4n) is 3.66. The molecule has 148 valence electrons. The van der Waals surface area contributed by atoms with Crippen LogP contribution >= 0.6 is 11.6 Å².